The fraction of sp³-hybridized carbons (Fsp3) is 0.476. The largest absolute Gasteiger partial charge is 0.330 e. The zero-order valence-electron chi connectivity index (χ0n) is 16.0. The van der Waals surface area contributed by atoms with Crippen LogP contribution in [0.1, 0.15) is 42.9 Å². The van der Waals surface area contributed by atoms with Gasteiger partial charge in [-0.3, -0.25) is 0 Å². The van der Waals surface area contributed by atoms with Gasteiger partial charge >= 0.3 is 0 Å². The quantitative estimate of drug-likeness (QED) is 0.647. The van der Waals surface area contributed by atoms with Crippen molar-refractivity contribution in [2.45, 2.75) is 45.2 Å². The van der Waals surface area contributed by atoms with Gasteiger partial charge < -0.3 is 14.0 Å². The van der Waals surface area contributed by atoms with Gasteiger partial charge in [0.05, 0.1) is 12.9 Å². The normalized spacial score (nSPS) is 16.0. The highest BCUT2D eigenvalue weighted by molar-refractivity contribution is 5.15. The molecule has 0 radical (unpaired) electrons. The van der Waals surface area contributed by atoms with Gasteiger partial charge in [-0.1, -0.05) is 30.3 Å². The van der Waals surface area contributed by atoms with Gasteiger partial charge in [0, 0.05) is 31.4 Å². The topological polar surface area (TPSA) is 51.8 Å². The van der Waals surface area contributed by atoms with E-state index in [-0.39, 0.29) is 0 Å². The molecule has 1 aromatic carbocycles. The maximum Gasteiger partial charge on any atom is 0.153 e. The van der Waals surface area contributed by atoms with Crippen molar-refractivity contribution in [3.05, 3.63) is 66.3 Å². The Morgan fingerprint density at radius 2 is 1.89 bits per heavy atom. The summed E-state index contributed by atoms with van der Waals surface area (Å²) in [6.07, 6.45) is 9.07. The molecule has 27 heavy (non-hydrogen) atoms. The number of aromatic nitrogens is 5. The third-order valence-corrected chi connectivity index (χ3v) is 5.57. The lowest BCUT2D eigenvalue weighted by molar-refractivity contribution is 0.209. The number of benzene rings is 1. The number of hydrogen-bond donors (Lipinski definition) is 0. The third kappa shape index (κ3) is 4.27. The standard InChI is InChI=1S/C21H28N6/c1-2-27-20(16-26-15-11-22-17-26)23-24-21(27)19-9-13-25(14-10-19)12-8-18-6-4-3-5-7-18/h3-7,11,15,17,19H,2,8-10,12-14,16H2,1H3. The average molecular weight is 364 g/mol. The maximum atomic E-state index is 4.57. The smallest absolute Gasteiger partial charge is 0.153 e. The number of hydrogen-bond acceptors (Lipinski definition) is 4. The molecule has 1 fully saturated rings. The Hall–Kier alpha value is -2.47. The summed E-state index contributed by atoms with van der Waals surface area (Å²) in [6, 6.07) is 10.8. The Labute approximate surface area is 160 Å². The predicted molar refractivity (Wildman–Crippen MR) is 106 cm³/mol. The molecular formula is C21H28N6. The molecule has 2 aromatic heterocycles. The lowest BCUT2D eigenvalue weighted by Crippen LogP contribution is -2.35. The first-order valence-electron chi connectivity index (χ1n) is 9.97. The molecule has 142 valence electrons. The summed E-state index contributed by atoms with van der Waals surface area (Å²) >= 11 is 0. The van der Waals surface area contributed by atoms with Gasteiger partial charge in [-0.2, -0.15) is 0 Å². The first kappa shape index (κ1) is 17.9. The van der Waals surface area contributed by atoms with E-state index in [1.54, 1.807) is 6.20 Å². The van der Waals surface area contributed by atoms with Crippen LogP contribution in [0.2, 0.25) is 0 Å². The highest BCUT2D eigenvalue weighted by Crippen LogP contribution is 2.27. The minimum atomic E-state index is 0.516. The van der Waals surface area contributed by atoms with Crippen LogP contribution >= 0.6 is 0 Å². The third-order valence-electron chi connectivity index (χ3n) is 5.57. The van der Waals surface area contributed by atoms with Crippen molar-refractivity contribution in [1.29, 1.82) is 0 Å². The van der Waals surface area contributed by atoms with Crippen LogP contribution in [0.4, 0.5) is 0 Å². The molecule has 6 nitrogen and oxygen atoms in total. The van der Waals surface area contributed by atoms with Gasteiger partial charge in [0.1, 0.15) is 5.82 Å². The van der Waals surface area contributed by atoms with Crippen LogP contribution in [-0.2, 0) is 19.5 Å². The molecule has 4 rings (SSSR count). The fourth-order valence-electron chi connectivity index (χ4n) is 4.00. The second-order valence-electron chi connectivity index (χ2n) is 7.31. The minimum Gasteiger partial charge on any atom is -0.330 e. The minimum absolute atomic E-state index is 0.516. The summed E-state index contributed by atoms with van der Waals surface area (Å²) in [4.78, 5) is 6.70. The van der Waals surface area contributed by atoms with Crippen molar-refractivity contribution < 1.29 is 0 Å². The molecule has 0 aliphatic carbocycles. The molecule has 0 saturated carbocycles. The SMILES string of the molecule is CCn1c(Cn2ccnc2)nnc1C1CCN(CCc2ccccc2)CC1. The molecule has 3 aromatic rings. The van der Waals surface area contributed by atoms with Gasteiger partial charge in [0.15, 0.2) is 5.82 Å². The van der Waals surface area contributed by atoms with Gasteiger partial charge in [-0.05, 0) is 44.8 Å². The number of imidazole rings is 1. The summed E-state index contributed by atoms with van der Waals surface area (Å²) < 4.78 is 4.34. The zero-order chi connectivity index (χ0) is 18.5. The molecule has 0 unspecified atom stereocenters. The number of nitrogens with zero attached hydrogens (tertiary/aromatic N) is 6. The highest BCUT2D eigenvalue weighted by Gasteiger charge is 2.25. The van der Waals surface area contributed by atoms with Crippen molar-refractivity contribution in [3.63, 3.8) is 0 Å². The first-order valence-corrected chi connectivity index (χ1v) is 9.97. The van der Waals surface area contributed by atoms with E-state index in [0.717, 1.165) is 63.6 Å². The maximum absolute atomic E-state index is 4.57. The second kappa shape index (κ2) is 8.48. The molecule has 0 atom stereocenters. The van der Waals surface area contributed by atoms with Crippen molar-refractivity contribution in [1.82, 2.24) is 29.2 Å². The van der Waals surface area contributed by atoms with Crippen LogP contribution in [0.5, 0.6) is 0 Å². The summed E-state index contributed by atoms with van der Waals surface area (Å²) in [5.74, 6) is 2.70. The van der Waals surface area contributed by atoms with E-state index < -0.39 is 0 Å². The van der Waals surface area contributed by atoms with Gasteiger partial charge in [0.25, 0.3) is 0 Å². The predicted octanol–water partition coefficient (Wildman–Crippen LogP) is 2.96. The van der Waals surface area contributed by atoms with E-state index in [1.807, 2.05) is 17.1 Å². The van der Waals surface area contributed by atoms with E-state index in [1.165, 1.54) is 5.56 Å². The summed E-state index contributed by atoms with van der Waals surface area (Å²) in [7, 11) is 0. The van der Waals surface area contributed by atoms with E-state index in [0.29, 0.717) is 5.92 Å². The van der Waals surface area contributed by atoms with E-state index in [9.17, 15) is 0 Å². The molecule has 6 heteroatoms. The van der Waals surface area contributed by atoms with Crippen LogP contribution in [0.3, 0.4) is 0 Å². The molecule has 1 saturated heterocycles. The molecule has 1 aliphatic rings. The zero-order valence-corrected chi connectivity index (χ0v) is 16.0. The Bertz CT molecular complexity index is 816. The Morgan fingerprint density at radius 3 is 2.59 bits per heavy atom. The van der Waals surface area contributed by atoms with Crippen molar-refractivity contribution in [2.75, 3.05) is 19.6 Å². The van der Waals surface area contributed by atoms with Gasteiger partial charge in [-0.15, -0.1) is 10.2 Å². The van der Waals surface area contributed by atoms with Crippen LogP contribution in [-0.4, -0.2) is 48.8 Å². The Balaban J connectivity index is 1.34. The van der Waals surface area contributed by atoms with Crippen molar-refractivity contribution in [2.24, 2.45) is 0 Å². The molecule has 1 aliphatic heterocycles. The summed E-state index contributed by atoms with van der Waals surface area (Å²) in [5, 5.41) is 9.05. The highest BCUT2D eigenvalue weighted by atomic mass is 15.3. The summed E-state index contributed by atoms with van der Waals surface area (Å²) in [6.45, 7) is 7.26. The van der Waals surface area contributed by atoms with Crippen LogP contribution in [0, 0.1) is 0 Å². The molecule has 0 amide bonds. The van der Waals surface area contributed by atoms with Gasteiger partial charge in [0.2, 0.25) is 0 Å². The molecule has 3 heterocycles. The van der Waals surface area contributed by atoms with Crippen LogP contribution < -0.4 is 0 Å². The lowest BCUT2D eigenvalue weighted by Gasteiger charge is -2.31. The summed E-state index contributed by atoms with van der Waals surface area (Å²) in [5.41, 5.74) is 1.43. The fourth-order valence-corrected chi connectivity index (χ4v) is 4.00. The van der Waals surface area contributed by atoms with Crippen molar-refractivity contribution >= 4 is 0 Å². The second-order valence-corrected chi connectivity index (χ2v) is 7.31. The van der Waals surface area contributed by atoms with Crippen LogP contribution in [0.25, 0.3) is 0 Å². The molecular weight excluding hydrogens is 336 g/mol. The lowest BCUT2D eigenvalue weighted by atomic mass is 9.95. The Morgan fingerprint density at radius 1 is 1.07 bits per heavy atom. The van der Waals surface area contributed by atoms with E-state index in [2.05, 4.69) is 61.9 Å². The monoisotopic (exact) mass is 364 g/mol. The van der Waals surface area contributed by atoms with Crippen LogP contribution in [0.15, 0.2) is 49.1 Å². The number of piperidine rings is 1. The average Bonchev–Trinajstić information content (AvgIpc) is 3.38. The number of likely N-dealkylation sites (tertiary alicyclic amines) is 1. The molecule has 0 N–H and O–H groups in total. The molecule has 0 spiro atoms. The van der Waals surface area contributed by atoms with Gasteiger partial charge in [-0.25, -0.2) is 4.98 Å². The first-order chi connectivity index (χ1) is 13.3. The Kier molecular flexibility index (Phi) is 5.63. The van der Waals surface area contributed by atoms with E-state index in [4.69, 9.17) is 0 Å². The van der Waals surface area contributed by atoms with E-state index >= 15 is 0 Å². The molecule has 0 bridgehead atoms. The number of rotatable bonds is 7. The van der Waals surface area contributed by atoms with Crippen molar-refractivity contribution in [3.8, 4) is 0 Å².